The van der Waals surface area contributed by atoms with Crippen LogP contribution >= 0.6 is 11.8 Å². The lowest BCUT2D eigenvalue weighted by Crippen LogP contribution is -1.91. The monoisotopic (exact) mass is 278 g/mol. The third kappa shape index (κ3) is 3.89. The quantitative estimate of drug-likeness (QED) is 0.606. The maximum absolute atomic E-state index is 13.0. The highest BCUT2D eigenvalue weighted by Crippen LogP contribution is 2.24. The lowest BCUT2D eigenvalue weighted by Gasteiger charge is -2.04. The average molecular weight is 278 g/mol. The minimum Gasteiger partial charge on any atom is -0.295 e. The molecule has 0 aromatic heterocycles. The normalized spacial score (nSPS) is 10.5. The summed E-state index contributed by atoms with van der Waals surface area (Å²) in [6.45, 7) is 1.51. The molecule has 0 aliphatic carbocycles. The molecule has 0 unspecified atom stereocenters. The molecular weight excluding hydrogens is 266 g/mol. The van der Waals surface area contributed by atoms with E-state index >= 15 is 0 Å². The van der Waals surface area contributed by atoms with Gasteiger partial charge in [0.25, 0.3) is 0 Å². The Labute approximate surface area is 114 Å². The number of carbonyl (C=O) groups excluding carboxylic acids is 1. The van der Waals surface area contributed by atoms with E-state index in [1.807, 2.05) is 6.07 Å². The SMILES string of the molecule is CC(=O)c1cccc(SCc2cc(F)cc(F)c2)c1. The fourth-order valence-electron chi connectivity index (χ4n) is 1.67. The summed E-state index contributed by atoms with van der Waals surface area (Å²) in [5.74, 6) is -0.698. The molecule has 0 heterocycles. The van der Waals surface area contributed by atoms with Gasteiger partial charge in [0, 0.05) is 22.3 Å². The minimum atomic E-state index is -0.576. The summed E-state index contributed by atoms with van der Waals surface area (Å²) in [7, 11) is 0. The van der Waals surface area contributed by atoms with Crippen LogP contribution in [0.2, 0.25) is 0 Å². The van der Waals surface area contributed by atoms with Gasteiger partial charge in [-0.15, -0.1) is 11.8 Å². The molecule has 0 aliphatic rings. The predicted molar refractivity (Wildman–Crippen MR) is 72.4 cm³/mol. The van der Waals surface area contributed by atoms with Crippen molar-refractivity contribution in [1.29, 1.82) is 0 Å². The summed E-state index contributed by atoms with van der Waals surface area (Å²) < 4.78 is 26.1. The fraction of sp³-hybridized carbons (Fsp3) is 0.133. The first-order valence-electron chi connectivity index (χ1n) is 5.73. The molecule has 0 atom stereocenters. The molecule has 0 radical (unpaired) electrons. The Hall–Kier alpha value is -1.68. The van der Waals surface area contributed by atoms with Crippen LogP contribution < -0.4 is 0 Å². The number of thioether (sulfide) groups is 1. The number of hydrogen-bond acceptors (Lipinski definition) is 2. The molecule has 0 saturated heterocycles. The molecule has 0 spiro atoms. The largest absolute Gasteiger partial charge is 0.295 e. The van der Waals surface area contributed by atoms with Gasteiger partial charge >= 0.3 is 0 Å². The van der Waals surface area contributed by atoms with Crippen LogP contribution in [-0.2, 0) is 5.75 Å². The zero-order valence-electron chi connectivity index (χ0n) is 10.3. The Kier molecular flexibility index (Phi) is 4.32. The van der Waals surface area contributed by atoms with Crippen molar-refractivity contribution in [2.24, 2.45) is 0 Å². The number of rotatable bonds is 4. The van der Waals surface area contributed by atoms with Gasteiger partial charge in [-0.1, -0.05) is 12.1 Å². The zero-order valence-corrected chi connectivity index (χ0v) is 11.1. The van der Waals surface area contributed by atoms with Crippen LogP contribution in [0.4, 0.5) is 8.78 Å². The van der Waals surface area contributed by atoms with Gasteiger partial charge in [0.2, 0.25) is 0 Å². The Bertz CT molecular complexity index is 591. The van der Waals surface area contributed by atoms with E-state index in [9.17, 15) is 13.6 Å². The van der Waals surface area contributed by atoms with Gasteiger partial charge in [0.1, 0.15) is 11.6 Å². The zero-order chi connectivity index (χ0) is 13.8. The number of benzene rings is 2. The van der Waals surface area contributed by atoms with E-state index in [0.717, 1.165) is 11.0 Å². The molecule has 0 fully saturated rings. The predicted octanol–water partition coefficient (Wildman–Crippen LogP) is 4.46. The molecule has 0 saturated carbocycles. The Morgan fingerprint density at radius 1 is 1.11 bits per heavy atom. The van der Waals surface area contributed by atoms with Crippen molar-refractivity contribution >= 4 is 17.5 Å². The van der Waals surface area contributed by atoms with Crippen LogP contribution in [0.5, 0.6) is 0 Å². The summed E-state index contributed by atoms with van der Waals surface area (Å²) >= 11 is 1.44. The topological polar surface area (TPSA) is 17.1 Å². The lowest BCUT2D eigenvalue weighted by molar-refractivity contribution is 0.101. The van der Waals surface area contributed by atoms with Crippen molar-refractivity contribution in [3.63, 3.8) is 0 Å². The Balaban J connectivity index is 2.10. The molecule has 0 amide bonds. The van der Waals surface area contributed by atoms with Gasteiger partial charge in [-0.05, 0) is 36.8 Å². The molecule has 4 heteroatoms. The summed E-state index contributed by atoms with van der Waals surface area (Å²) in [6.07, 6.45) is 0. The summed E-state index contributed by atoms with van der Waals surface area (Å²) in [4.78, 5) is 12.2. The van der Waals surface area contributed by atoms with Crippen molar-refractivity contribution < 1.29 is 13.6 Å². The first-order chi connectivity index (χ1) is 9.04. The molecule has 2 aromatic rings. The summed E-state index contributed by atoms with van der Waals surface area (Å²) in [6, 6.07) is 10.7. The van der Waals surface area contributed by atoms with Crippen molar-refractivity contribution in [1.82, 2.24) is 0 Å². The third-order valence-corrected chi connectivity index (χ3v) is 3.63. The molecule has 1 nitrogen and oxygen atoms in total. The van der Waals surface area contributed by atoms with Crippen molar-refractivity contribution in [2.45, 2.75) is 17.6 Å². The van der Waals surface area contributed by atoms with Gasteiger partial charge in [-0.3, -0.25) is 4.79 Å². The third-order valence-electron chi connectivity index (χ3n) is 2.57. The number of Topliss-reactive ketones (excluding diaryl/α,β-unsaturated/α-hetero) is 1. The van der Waals surface area contributed by atoms with Crippen LogP contribution in [0, 0.1) is 11.6 Å². The summed E-state index contributed by atoms with van der Waals surface area (Å²) in [5, 5.41) is 0. The smallest absolute Gasteiger partial charge is 0.159 e. The van der Waals surface area contributed by atoms with E-state index in [1.54, 1.807) is 18.2 Å². The number of hydrogen-bond donors (Lipinski definition) is 0. The highest BCUT2D eigenvalue weighted by molar-refractivity contribution is 7.98. The van der Waals surface area contributed by atoms with Gasteiger partial charge in [0.15, 0.2) is 5.78 Å². The highest BCUT2D eigenvalue weighted by Gasteiger charge is 2.04. The van der Waals surface area contributed by atoms with E-state index < -0.39 is 11.6 Å². The Morgan fingerprint density at radius 2 is 1.79 bits per heavy atom. The Morgan fingerprint density at radius 3 is 2.42 bits per heavy atom. The van der Waals surface area contributed by atoms with E-state index in [2.05, 4.69) is 0 Å². The molecular formula is C15H12F2OS. The van der Waals surface area contributed by atoms with Crippen LogP contribution in [0.15, 0.2) is 47.4 Å². The second-order valence-corrected chi connectivity index (χ2v) is 5.20. The first kappa shape index (κ1) is 13.7. The van der Waals surface area contributed by atoms with Gasteiger partial charge in [-0.25, -0.2) is 8.78 Å². The van der Waals surface area contributed by atoms with E-state index in [0.29, 0.717) is 16.9 Å². The molecule has 2 rings (SSSR count). The van der Waals surface area contributed by atoms with Crippen molar-refractivity contribution in [2.75, 3.05) is 0 Å². The molecule has 98 valence electrons. The molecule has 19 heavy (non-hydrogen) atoms. The molecule has 0 bridgehead atoms. The first-order valence-corrected chi connectivity index (χ1v) is 6.72. The van der Waals surface area contributed by atoms with Gasteiger partial charge < -0.3 is 0 Å². The van der Waals surface area contributed by atoms with Crippen molar-refractivity contribution in [3.05, 3.63) is 65.2 Å². The molecule has 2 aromatic carbocycles. The average Bonchev–Trinajstić information content (AvgIpc) is 2.35. The molecule has 0 aliphatic heterocycles. The van der Waals surface area contributed by atoms with Crippen LogP contribution in [-0.4, -0.2) is 5.78 Å². The maximum Gasteiger partial charge on any atom is 0.159 e. The standard InChI is InChI=1S/C15H12F2OS/c1-10(18)12-3-2-4-15(7-12)19-9-11-5-13(16)8-14(17)6-11/h2-8H,9H2,1H3. The fourth-order valence-corrected chi connectivity index (χ4v) is 2.55. The molecule has 0 N–H and O–H groups in total. The number of carbonyl (C=O) groups is 1. The number of halogens is 2. The van der Waals surface area contributed by atoms with E-state index in [1.165, 1.54) is 30.8 Å². The highest BCUT2D eigenvalue weighted by atomic mass is 32.2. The van der Waals surface area contributed by atoms with Gasteiger partial charge in [0.05, 0.1) is 0 Å². The second-order valence-electron chi connectivity index (χ2n) is 4.15. The maximum atomic E-state index is 13.0. The number of ketones is 1. The van der Waals surface area contributed by atoms with Crippen molar-refractivity contribution in [3.8, 4) is 0 Å². The van der Waals surface area contributed by atoms with Crippen LogP contribution in [0.3, 0.4) is 0 Å². The van der Waals surface area contributed by atoms with Crippen LogP contribution in [0.25, 0.3) is 0 Å². The summed E-state index contributed by atoms with van der Waals surface area (Å²) in [5.41, 5.74) is 1.21. The minimum absolute atomic E-state index is 0.000694. The lowest BCUT2D eigenvalue weighted by atomic mass is 10.2. The van der Waals surface area contributed by atoms with E-state index in [4.69, 9.17) is 0 Å². The second kappa shape index (κ2) is 5.97. The van der Waals surface area contributed by atoms with E-state index in [-0.39, 0.29) is 5.78 Å². The van der Waals surface area contributed by atoms with Gasteiger partial charge in [-0.2, -0.15) is 0 Å². The van der Waals surface area contributed by atoms with Crippen LogP contribution in [0.1, 0.15) is 22.8 Å².